The zero-order chi connectivity index (χ0) is 17.6. The minimum atomic E-state index is -4.50. The zero-order valence-electron chi connectivity index (χ0n) is 12.8. The normalized spacial score (nSPS) is 20.5. The molecule has 1 aliphatic rings. The number of aliphatic hydroxyl groups is 1. The van der Waals surface area contributed by atoms with Crippen LogP contribution < -0.4 is 0 Å². The molecule has 0 saturated carbocycles. The van der Waals surface area contributed by atoms with Crippen LogP contribution in [0.15, 0.2) is 41.7 Å². The SMILES string of the molecule is O[C@H]1Cc2ccccc2C1/C=N/c1ncnc2[nH]c(C(F)(F)F)cc12. The third-order valence-electron chi connectivity index (χ3n) is 4.33. The van der Waals surface area contributed by atoms with Gasteiger partial charge in [-0.1, -0.05) is 24.3 Å². The number of fused-ring (bicyclic) bond motifs is 2. The summed E-state index contributed by atoms with van der Waals surface area (Å²) in [4.78, 5) is 14.2. The van der Waals surface area contributed by atoms with Crippen LogP contribution in [0.3, 0.4) is 0 Å². The molecule has 2 N–H and O–H groups in total. The Bertz CT molecular complexity index is 964. The van der Waals surface area contributed by atoms with Crippen molar-refractivity contribution in [2.75, 3.05) is 0 Å². The first-order chi connectivity index (χ1) is 11.9. The maximum atomic E-state index is 12.9. The van der Waals surface area contributed by atoms with Crippen LogP contribution in [-0.2, 0) is 12.6 Å². The maximum absolute atomic E-state index is 12.9. The molecule has 4 rings (SSSR count). The number of halogens is 3. The van der Waals surface area contributed by atoms with E-state index in [4.69, 9.17) is 0 Å². The van der Waals surface area contributed by atoms with Crippen LogP contribution in [-0.4, -0.2) is 32.4 Å². The lowest BCUT2D eigenvalue weighted by atomic mass is 10.0. The molecule has 0 bridgehead atoms. The highest BCUT2D eigenvalue weighted by Crippen LogP contribution is 2.35. The number of aliphatic hydroxyl groups excluding tert-OH is 1. The van der Waals surface area contributed by atoms with Crippen molar-refractivity contribution >= 4 is 23.1 Å². The highest BCUT2D eigenvalue weighted by molar-refractivity contribution is 5.88. The minimum Gasteiger partial charge on any atom is -0.392 e. The molecule has 128 valence electrons. The Morgan fingerprint density at radius 2 is 2.04 bits per heavy atom. The Morgan fingerprint density at radius 1 is 1.24 bits per heavy atom. The van der Waals surface area contributed by atoms with Gasteiger partial charge in [-0.15, -0.1) is 0 Å². The molecule has 2 aromatic heterocycles. The predicted octanol–water partition coefficient (Wildman–Crippen LogP) is 3.38. The minimum absolute atomic E-state index is 0.0712. The van der Waals surface area contributed by atoms with E-state index in [9.17, 15) is 18.3 Å². The number of hydrogen-bond acceptors (Lipinski definition) is 4. The van der Waals surface area contributed by atoms with Gasteiger partial charge < -0.3 is 10.1 Å². The van der Waals surface area contributed by atoms with Crippen molar-refractivity contribution < 1.29 is 18.3 Å². The molecule has 0 spiro atoms. The van der Waals surface area contributed by atoms with E-state index in [0.717, 1.165) is 23.5 Å². The summed E-state index contributed by atoms with van der Waals surface area (Å²) < 4.78 is 38.6. The Kier molecular flexibility index (Phi) is 3.57. The van der Waals surface area contributed by atoms with Gasteiger partial charge in [-0.3, -0.25) is 0 Å². The first-order valence-electron chi connectivity index (χ1n) is 7.64. The number of H-pyrrole nitrogens is 1. The van der Waals surface area contributed by atoms with E-state index in [1.54, 1.807) is 6.21 Å². The van der Waals surface area contributed by atoms with Crippen molar-refractivity contribution in [2.45, 2.75) is 24.6 Å². The molecule has 1 aliphatic carbocycles. The summed E-state index contributed by atoms with van der Waals surface area (Å²) in [7, 11) is 0. The summed E-state index contributed by atoms with van der Waals surface area (Å²) >= 11 is 0. The van der Waals surface area contributed by atoms with Gasteiger partial charge in [0.05, 0.1) is 11.5 Å². The number of aromatic amines is 1. The van der Waals surface area contributed by atoms with E-state index in [1.165, 1.54) is 0 Å². The maximum Gasteiger partial charge on any atom is 0.431 e. The van der Waals surface area contributed by atoms with Crippen LogP contribution in [0.5, 0.6) is 0 Å². The molecular weight excluding hydrogens is 333 g/mol. The van der Waals surface area contributed by atoms with Crippen molar-refractivity contribution in [1.29, 1.82) is 0 Å². The van der Waals surface area contributed by atoms with Crippen molar-refractivity contribution in [3.8, 4) is 0 Å². The Balaban J connectivity index is 1.71. The van der Waals surface area contributed by atoms with Gasteiger partial charge in [-0.2, -0.15) is 13.2 Å². The Morgan fingerprint density at radius 3 is 2.84 bits per heavy atom. The van der Waals surface area contributed by atoms with Gasteiger partial charge in [-0.05, 0) is 23.6 Å². The third kappa shape index (κ3) is 2.78. The van der Waals surface area contributed by atoms with Crippen LogP contribution in [0.25, 0.3) is 11.0 Å². The van der Waals surface area contributed by atoms with Gasteiger partial charge in [0.15, 0.2) is 5.82 Å². The number of rotatable bonds is 2. The van der Waals surface area contributed by atoms with Crippen molar-refractivity contribution in [1.82, 2.24) is 15.0 Å². The molecule has 2 heterocycles. The molecule has 0 radical (unpaired) electrons. The number of alkyl halides is 3. The second kappa shape index (κ2) is 5.66. The third-order valence-corrected chi connectivity index (χ3v) is 4.33. The first-order valence-corrected chi connectivity index (χ1v) is 7.64. The molecular formula is C17H13F3N4O. The monoisotopic (exact) mass is 346 g/mol. The number of aliphatic imine (C=N–C) groups is 1. The number of nitrogens with zero attached hydrogens (tertiary/aromatic N) is 3. The van der Waals surface area contributed by atoms with Crippen molar-refractivity contribution in [3.05, 3.63) is 53.5 Å². The van der Waals surface area contributed by atoms with E-state index in [-0.39, 0.29) is 22.8 Å². The molecule has 25 heavy (non-hydrogen) atoms. The summed E-state index contributed by atoms with van der Waals surface area (Å²) in [5, 5.41) is 10.4. The van der Waals surface area contributed by atoms with Gasteiger partial charge in [0, 0.05) is 12.1 Å². The standard InChI is InChI=1S/C17H13F3N4O/c18-17(19,20)14-6-11-15(22-8-23-16(11)24-14)21-7-12-10-4-2-1-3-9(10)5-13(12)25/h1-4,6-8,12-13,25H,5H2,(H,22,23,24)/b21-7+/t12?,13-/m0/s1. The molecule has 0 aliphatic heterocycles. The zero-order valence-corrected chi connectivity index (χ0v) is 12.8. The molecule has 0 saturated heterocycles. The number of nitrogens with one attached hydrogen (secondary N) is 1. The summed E-state index contributed by atoms with van der Waals surface area (Å²) in [5.74, 6) is -0.185. The summed E-state index contributed by atoms with van der Waals surface area (Å²) in [6.07, 6.45) is -1.89. The van der Waals surface area contributed by atoms with Crippen LogP contribution in [0, 0.1) is 0 Å². The van der Waals surface area contributed by atoms with Crippen molar-refractivity contribution in [2.24, 2.45) is 4.99 Å². The van der Waals surface area contributed by atoms with Gasteiger partial charge in [-0.25, -0.2) is 15.0 Å². The molecule has 1 unspecified atom stereocenters. The van der Waals surface area contributed by atoms with Crippen LogP contribution in [0.2, 0.25) is 0 Å². The van der Waals surface area contributed by atoms with E-state index < -0.39 is 18.0 Å². The van der Waals surface area contributed by atoms with E-state index in [1.807, 2.05) is 24.3 Å². The average Bonchev–Trinajstić information content (AvgIpc) is 3.13. The summed E-state index contributed by atoms with van der Waals surface area (Å²) in [5.41, 5.74) is 1.18. The van der Waals surface area contributed by atoms with Gasteiger partial charge >= 0.3 is 6.18 Å². The van der Waals surface area contributed by atoms with Crippen LogP contribution >= 0.6 is 0 Å². The second-order valence-corrected chi connectivity index (χ2v) is 5.91. The number of hydrogen-bond donors (Lipinski definition) is 2. The number of benzene rings is 1. The lowest BCUT2D eigenvalue weighted by Crippen LogP contribution is -2.14. The molecule has 8 heteroatoms. The largest absolute Gasteiger partial charge is 0.431 e. The fourth-order valence-electron chi connectivity index (χ4n) is 3.12. The van der Waals surface area contributed by atoms with E-state index >= 15 is 0 Å². The highest BCUT2D eigenvalue weighted by Gasteiger charge is 2.33. The fraction of sp³-hybridized carbons (Fsp3) is 0.235. The van der Waals surface area contributed by atoms with E-state index in [2.05, 4.69) is 19.9 Å². The molecule has 0 fully saturated rings. The lowest BCUT2D eigenvalue weighted by molar-refractivity contribution is -0.140. The first kappa shape index (κ1) is 15.8. The van der Waals surface area contributed by atoms with Gasteiger partial charge in [0.1, 0.15) is 17.7 Å². The lowest BCUT2D eigenvalue weighted by Gasteiger charge is -2.09. The molecule has 0 amide bonds. The quantitative estimate of drug-likeness (QED) is 0.699. The topological polar surface area (TPSA) is 74.2 Å². The van der Waals surface area contributed by atoms with Crippen LogP contribution in [0.1, 0.15) is 22.7 Å². The fourth-order valence-corrected chi connectivity index (χ4v) is 3.12. The Hall–Kier alpha value is -2.74. The summed E-state index contributed by atoms with van der Waals surface area (Å²) in [6.45, 7) is 0. The highest BCUT2D eigenvalue weighted by atomic mass is 19.4. The van der Waals surface area contributed by atoms with Gasteiger partial charge in [0.2, 0.25) is 0 Å². The average molecular weight is 346 g/mol. The Labute approximate surface area is 140 Å². The molecule has 5 nitrogen and oxygen atoms in total. The molecule has 1 aromatic carbocycles. The number of aromatic nitrogens is 3. The van der Waals surface area contributed by atoms with Crippen LogP contribution in [0.4, 0.5) is 19.0 Å². The second-order valence-electron chi connectivity index (χ2n) is 5.91. The van der Waals surface area contributed by atoms with Crippen molar-refractivity contribution in [3.63, 3.8) is 0 Å². The molecule has 2 atom stereocenters. The smallest absolute Gasteiger partial charge is 0.392 e. The molecule has 3 aromatic rings. The van der Waals surface area contributed by atoms with E-state index in [0.29, 0.717) is 6.42 Å². The predicted molar refractivity (Wildman–Crippen MR) is 85.9 cm³/mol. The van der Waals surface area contributed by atoms with Gasteiger partial charge in [0.25, 0.3) is 0 Å². The summed E-state index contributed by atoms with van der Waals surface area (Å²) in [6, 6.07) is 8.58.